The molecule has 2 N–H and O–H groups in total. The van der Waals surface area contributed by atoms with Gasteiger partial charge in [-0.25, -0.2) is 0 Å². The van der Waals surface area contributed by atoms with Crippen molar-refractivity contribution in [2.24, 2.45) is 5.92 Å². The van der Waals surface area contributed by atoms with Crippen molar-refractivity contribution in [3.63, 3.8) is 0 Å². The van der Waals surface area contributed by atoms with Gasteiger partial charge in [-0.05, 0) is 56.4 Å². The molecule has 0 aliphatic rings. The van der Waals surface area contributed by atoms with Gasteiger partial charge in [0.05, 0.1) is 5.56 Å². The highest BCUT2D eigenvalue weighted by Crippen LogP contribution is 2.29. The highest BCUT2D eigenvalue weighted by molar-refractivity contribution is 5.92. The van der Waals surface area contributed by atoms with Crippen LogP contribution in [0.2, 0.25) is 0 Å². The Balaban J connectivity index is 0.00000141. The van der Waals surface area contributed by atoms with Crippen LogP contribution < -0.4 is 5.32 Å². The zero-order valence-electron chi connectivity index (χ0n) is 18.0. The van der Waals surface area contributed by atoms with Crippen LogP contribution in [0.3, 0.4) is 0 Å². The van der Waals surface area contributed by atoms with E-state index in [-0.39, 0.29) is 24.3 Å². The zero-order chi connectivity index (χ0) is 22.9. The number of nitrogens with one attached hydrogen (secondary N) is 1. The number of aryl methyl sites for hydroxylation is 1. The molecule has 0 aliphatic heterocycles. The van der Waals surface area contributed by atoms with Gasteiger partial charge in [0.2, 0.25) is 0 Å². The van der Waals surface area contributed by atoms with E-state index in [2.05, 4.69) is 29.1 Å². The Bertz CT molecular complexity index is 793. The molecule has 0 aliphatic carbocycles. The van der Waals surface area contributed by atoms with E-state index in [9.17, 15) is 18.0 Å². The largest absolute Gasteiger partial charge is 0.417 e. The number of aromatic nitrogens is 2. The molecule has 0 saturated heterocycles. The number of nitrogens with zero attached hydrogens (tertiary/aromatic N) is 2. The minimum Gasteiger partial charge on any atom is -0.397 e. The van der Waals surface area contributed by atoms with Gasteiger partial charge in [-0.1, -0.05) is 19.9 Å². The maximum atomic E-state index is 12.6. The first kappa shape index (κ1) is 25.6. The molecule has 0 bridgehead atoms. The second-order valence-corrected chi connectivity index (χ2v) is 7.54. The average Bonchev–Trinajstić information content (AvgIpc) is 2.66. The van der Waals surface area contributed by atoms with Crippen LogP contribution in [0.25, 0.3) is 0 Å². The fourth-order valence-electron chi connectivity index (χ4n) is 3.00. The van der Waals surface area contributed by atoms with Crippen LogP contribution in [-0.4, -0.2) is 33.6 Å². The quantitative estimate of drug-likeness (QED) is 0.700. The minimum absolute atomic E-state index is 0.0378. The normalized spacial score (nSPS) is 13.3. The van der Waals surface area contributed by atoms with Gasteiger partial charge in [0.15, 0.2) is 0 Å². The first-order chi connectivity index (χ1) is 14.0. The number of aliphatic hydroxyl groups is 1. The topological polar surface area (TPSA) is 75.1 Å². The molecule has 30 heavy (non-hydrogen) atoms. The first-order valence-electron chi connectivity index (χ1n) is 9.86. The molecule has 166 valence electrons. The first-order valence-corrected chi connectivity index (χ1v) is 9.86. The summed E-state index contributed by atoms with van der Waals surface area (Å²) in [5.41, 5.74) is 1.14. The third-order valence-corrected chi connectivity index (χ3v) is 4.34. The summed E-state index contributed by atoms with van der Waals surface area (Å²) in [4.78, 5) is 20.3. The molecule has 2 heterocycles. The number of hydrogen-bond acceptors (Lipinski definition) is 4. The predicted molar refractivity (Wildman–Crippen MR) is 110 cm³/mol. The SMILES string of the molecule is CCO.Cc1cncc(C(CC(C)C)C(C)NC(=O)c2ccc(C(F)(F)F)cn2)c1. The van der Waals surface area contributed by atoms with Crippen molar-refractivity contribution in [1.29, 1.82) is 0 Å². The molecule has 0 spiro atoms. The van der Waals surface area contributed by atoms with Crippen molar-refractivity contribution in [2.45, 2.75) is 59.2 Å². The number of amides is 1. The maximum Gasteiger partial charge on any atom is 0.417 e. The predicted octanol–water partition coefficient (Wildman–Crippen LogP) is 4.75. The van der Waals surface area contributed by atoms with E-state index in [0.29, 0.717) is 12.1 Å². The Morgan fingerprint density at radius 1 is 1.17 bits per heavy atom. The Labute approximate surface area is 175 Å². The second-order valence-electron chi connectivity index (χ2n) is 7.54. The van der Waals surface area contributed by atoms with Crippen LogP contribution in [0.4, 0.5) is 13.2 Å². The number of pyridine rings is 2. The lowest BCUT2D eigenvalue weighted by molar-refractivity contribution is -0.137. The van der Waals surface area contributed by atoms with Crippen molar-refractivity contribution >= 4 is 5.91 Å². The van der Waals surface area contributed by atoms with Crippen molar-refractivity contribution in [1.82, 2.24) is 15.3 Å². The van der Waals surface area contributed by atoms with Gasteiger partial charge in [0.1, 0.15) is 5.69 Å². The monoisotopic (exact) mass is 425 g/mol. The molecule has 8 heteroatoms. The number of carbonyl (C=O) groups is 1. The smallest absolute Gasteiger partial charge is 0.397 e. The number of aliphatic hydroxyl groups excluding tert-OH is 1. The summed E-state index contributed by atoms with van der Waals surface area (Å²) in [6.45, 7) is 9.97. The van der Waals surface area contributed by atoms with Gasteiger partial charge in [0.25, 0.3) is 5.91 Å². The van der Waals surface area contributed by atoms with Crippen molar-refractivity contribution in [3.8, 4) is 0 Å². The lowest BCUT2D eigenvalue weighted by Crippen LogP contribution is -2.38. The van der Waals surface area contributed by atoms with E-state index < -0.39 is 17.6 Å². The summed E-state index contributed by atoms with van der Waals surface area (Å²) in [7, 11) is 0. The zero-order valence-corrected chi connectivity index (χ0v) is 18.0. The molecular formula is C22H30F3N3O2. The third-order valence-electron chi connectivity index (χ3n) is 4.34. The summed E-state index contributed by atoms with van der Waals surface area (Å²) >= 11 is 0. The average molecular weight is 425 g/mol. The molecule has 2 aromatic rings. The molecule has 0 fully saturated rings. The molecule has 2 unspecified atom stereocenters. The van der Waals surface area contributed by atoms with E-state index in [1.165, 1.54) is 0 Å². The van der Waals surface area contributed by atoms with E-state index in [1.807, 2.05) is 19.9 Å². The fraction of sp³-hybridized carbons (Fsp3) is 0.500. The summed E-state index contributed by atoms with van der Waals surface area (Å²) in [6.07, 6.45) is 0.600. The fourth-order valence-corrected chi connectivity index (χ4v) is 3.00. The van der Waals surface area contributed by atoms with Crippen LogP contribution in [0, 0.1) is 12.8 Å². The van der Waals surface area contributed by atoms with Crippen LogP contribution in [0.1, 0.15) is 67.2 Å². The number of hydrogen-bond donors (Lipinski definition) is 2. The van der Waals surface area contributed by atoms with Gasteiger partial charge >= 0.3 is 6.18 Å². The van der Waals surface area contributed by atoms with Gasteiger partial charge in [-0.2, -0.15) is 13.2 Å². The second kappa shape index (κ2) is 11.6. The lowest BCUT2D eigenvalue weighted by Gasteiger charge is -2.27. The molecule has 1 amide bonds. The third kappa shape index (κ3) is 8.10. The summed E-state index contributed by atoms with van der Waals surface area (Å²) in [6, 6.07) is 3.77. The van der Waals surface area contributed by atoms with Crippen molar-refractivity contribution in [2.75, 3.05) is 6.61 Å². The van der Waals surface area contributed by atoms with Crippen LogP contribution in [0.5, 0.6) is 0 Å². The molecule has 0 radical (unpaired) electrons. The molecule has 2 atom stereocenters. The van der Waals surface area contributed by atoms with Crippen LogP contribution in [0.15, 0.2) is 36.8 Å². The van der Waals surface area contributed by atoms with Gasteiger partial charge in [-0.3, -0.25) is 14.8 Å². The molecule has 5 nitrogen and oxygen atoms in total. The van der Waals surface area contributed by atoms with E-state index in [0.717, 1.165) is 29.7 Å². The number of alkyl halides is 3. The van der Waals surface area contributed by atoms with Crippen LogP contribution >= 0.6 is 0 Å². The summed E-state index contributed by atoms with van der Waals surface area (Å²) in [5, 5.41) is 10.4. The summed E-state index contributed by atoms with van der Waals surface area (Å²) < 4.78 is 37.9. The summed E-state index contributed by atoms with van der Waals surface area (Å²) in [5.74, 6) is -0.0551. The Morgan fingerprint density at radius 3 is 2.27 bits per heavy atom. The Morgan fingerprint density at radius 2 is 1.80 bits per heavy atom. The Hall–Kier alpha value is -2.48. The van der Waals surface area contributed by atoms with E-state index >= 15 is 0 Å². The Kier molecular flexibility index (Phi) is 9.92. The number of halogens is 3. The van der Waals surface area contributed by atoms with E-state index in [1.54, 1.807) is 19.3 Å². The molecule has 2 aromatic heterocycles. The number of carbonyl (C=O) groups excluding carboxylic acids is 1. The standard InChI is InChI=1S/C20H24F3N3O.C2H6O/c1-12(2)7-17(15-8-13(3)9-24-10-15)14(4)26-19(27)18-6-5-16(11-25-18)20(21,22)23;1-2-3/h5-6,8-12,14,17H,7H2,1-4H3,(H,26,27);3H,2H2,1H3. The van der Waals surface area contributed by atoms with Gasteiger partial charge in [-0.15, -0.1) is 0 Å². The molecular weight excluding hydrogens is 395 g/mol. The minimum atomic E-state index is -4.48. The van der Waals surface area contributed by atoms with Crippen molar-refractivity contribution < 1.29 is 23.1 Å². The molecule has 0 saturated carbocycles. The number of rotatable bonds is 6. The van der Waals surface area contributed by atoms with Crippen molar-refractivity contribution in [3.05, 3.63) is 59.2 Å². The van der Waals surface area contributed by atoms with Gasteiger partial charge < -0.3 is 10.4 Å². The highest BCUT2D eigenvalue weighted by Gasteiger charge is 2.31. The van der Waals surface area contributed by atoms with Crippen LogP contribution in [-0.2, 0) is 6.18 Å². The maximum absolute atomic E-state index is 12.6. The molecule has 2 rings (SSSR count). The van der Waals surface area contributed by atoms with Gasteiger partial charge in [0, 0.05) is 37.2 Å². The molecule has 0 aromatic carbocycles. The lowest BCUT2D eigenvalue weighted by atomic mass is 9.85. The highest BCUT2D eigenvalue weighted by atomic mass is 19.4. The van der Waals surface area contributed by atoms with E-state index in [4.69, 9.17) is 5.11 Å².